The normalized spacial score (nSPS) is 13.0. The van der Waals surface area contributed by atoms with Crippen LogP contribution in [0.3, 0.4) is 0 Å². The summed E-state index contributed by atoms with van der Waals surface area (Å²) in [7, 11) is 0. The van der Waals surface area contributed by atoms with E-state index in [1.807, 2.05) is 0 Å². The number of fused-ring (bicyclic) bond motifs is 2. The minimum atomic E-state index is -0.530. The van der Waals surface area contributed by atoms with E-state index >= 15 is 0 Å². The van der Waals surface area contributed by atoms with Crippen LogP contribution < -0.4 is 0 Å². The second-order valence-electron chi connectivity index (χ2n) is 4.92. The maximum atomic E-state index is 14.0. The molecule has 0 saturated carbocycles. The lowest BCUT2D eigenvalue weighted by Gasteiger charge is -2.12. The van der Waals surface area contributed by atoms with Crippen molar-refractivity contribution in [2.75, 3.05) is 0 Å². The number of halogens is 1. The number of hydrogen-bond acceptors (Lipinski definition) is 4. The Morgan fingerprint density at radius 2 is 1.41 bits per heavy atom. The molecular formula is C17H8FNO3. The number of ketones is 2. The Labute approximate surface area is 124 Å². The first-order valence-corrected chi connectivity index (χ1v) is 6.61. The van der Waals surface area contributed by atoms with Crippen LogP contribution in [0.1, 0.15) is 32.0 Å². The van der Waals surface area contributed by atoms with E-state index in [0.717, 1.165) is 0 Å². The number of rotatable bonds is 1. The highest BCUT2D eigenvalue weighted by Crippen LogP contribution is 2.34. The minimum Gasteiger partial charge on any atom is -0.351 e. The number of hydrogen-bond donors (Lipinski definition) is 0. The summed E-state index contributed by atoms with van der Waals surface area (Å²) in [5.74, 6) is -1.47. The lowest BCUT2D eigenvalue weighted by Crippen LogP contribution is -2.19. The molecule has 0 amide bonds. The minimum absolute atomic E-state index is 0.0220. The fraction of sp³-hybridized carbons (Fsp3) is 0. The molecular weight excluding hydrogens is 285 g/mol. The van der Waals surface area contributed by atoms with Gasteiger partial charge in [-0.05, 0) is 12.1 Å². The number of nitrogens with zero attached hydrogens (tertiary/aromatic N) is 1. The smallest absolute Gasteiger partial charge is 0.232 e. The predicted molar refractivity (Wildman–Crippen MR) is 75.2 cm³/mol. The number of carbonyl (C=O) groups excluding carboxylic acids is 2. The third kappa shape index (κ3) is 1.59. The van der Waals surface area contributed by atoms with Crippen molar-refractivity contribution in [1.29, 1.82) is 0 Å². The van der Waals surface area contributed by atoms with Crippen LogP contribution in [0, 0.1) is 5.82 Å². The average molecular weight is 293 g/mol. The molecule has 1 aromatic heterocycles. The van der Waals surface area contributed by atoms with Gasteiger partial charge in [0.25, 0.3) is 0 Å². The molecule has 3 aromatic rings. The Morgan fingerprint density at radius 3 is 2.09 bits per heavy atom. The first kappa shape index (κ1) is 12.6. The van der Waals surface area contributed by atoms with Crippen LogP contribution in [-0.4, -0.2) is 16.7 Å². The Morgan fingerprint density at radius 1 is 0.818 bits per heavy atom. The molecule has 1 aliphatic carbocycles. The van der Waals surface area contributed by atoms with Crippen molar-refractivity contribution in [3.05, 3.63) is 76.8 Å². The summed E-state index contributed by atoms with van der Waals surface area (Å²) in [5.41, 5.74) is 0.764. The van der Waals surface area contributed by atoms with E-state index in [9.17, 15) is 14.0 Å². The second-order valence-corrected chi connectivity index (χ2v) is 4.92. The molecule has 0 bridgehead atoms. The molecule has 1 heterocycles. The SMILES string of the molecule is O=C1c2ccccc2C(=O)c2c(-c3ccccc3F)noc21. The molecule has 0 unspecified atom stereocenters. The summed E-state index contributed by atoms with van der Waals surface area (Å²) < 4.78 is 19.0. The fourth-order valence-electron chi connectivity index (χ4n) is 2.63. The zero-order valence-electron chi connectivity index (χ0n) is 11.2. The summed E-state index contributed by atoms with van der Waals surface area (Å²) in [4.78, 5) is 25.0. The van der Waals surface area contributed by atoms with Crippen molar-refractivity contribution in [2.24, 2.45) is 0 Å². The largest absolute Gasteiger partial charge is 0.351 e. The van der Waals surface area contributed by atoms with E-state index in [4.69, 9.17) is 4.52 Å². The predicted octanol–water partition coefficient (Wildman–Crippen LogP) is 3.26. The van der Waals surface area contributed by atoms with Gasteiger partial charge in [-0.15, -0.1) is 0 Å². The lowest BCUT2D eigenvalue weighted by molar-refractivity contribution is 0.0955. The molecule has 0 spiro atoms. The van der Waals surface area contributed by atoms with Crippen molar-refractivity contribution in [1.82, 2.24) is 5.16 Å². The average Bonchev–Trinajstić information content (AvgIpc) is 2.98. The monoisotopic (exact) mass is 293 g/mol. The van der Waals surface area contributed by atoms with Crippen molar-refractivity contribution in [3.8, 4) is 11.3 Å². The van der Waals surface area contributed by atoms with Gasteiger partial charge in [-0.3, -0.25) is 9.59 Å². The van der Waals surface area contributed by atoms with Gasteiger partial charge in [0.05, 0.1) is 0 Å². The highest BCUT2D eigenvalue weighted by molar-refractivity contribution is 6.29. The molecule has 5 heteroatoms. The zero-order chi connectivity index (χ0) is 15.3. The van der Waals surface area contributed by atoms with Crippen LogP contribution in [0.15, 0.2) is 53.1 Å². The Hall–Kier alpha value is -3.08. The molecule has 1 aliphatic rings. The van der Waals surface area contributed by atoms with Gasteiger partial charge in [-0.1, -0.05) is 41.6 Å². The first-order chi connectivity index (χ1) is 10.7. The summed E-state index contributed by atoms with van der Waals surface area (Å²) in [5, 5.41) is 3.76. The van der Waals surface area contributed by atoms with Gasteiger partial charge < -0.3 is 4.52 Å². The van der Waals surface area contributed by atoms with Crippen LogP contribution in [0.4, 0.5) is 4.39 Å². The van der Waals surface area contributed by atoms with Crippen LogP contribution in [0.2, 0.25) is 0 Å². The maximum absolute atomic E-state index is 14.0. The molecule has 0 saturated heterocycles. The van der Waals surface area contributed by atoms with Crippen LogP contribution in [0.25, 0.3) is 11.3 Å². The van der Waals surface area contributed by atoms with Gasteiger partial charge in [-0.2, -0.15) is 0 Å². The van der Waals surface area contributed by atoms with Gasteiger partial charge in [0.15, 0.2) is 5.78 Å². The van der Waals surface area contributed by atoms with Gasteiger partial charge in [-0.25, -0.2) is 4.39 Å². The molecule has 0 aliphatic heterocycles. The lowest BCUT2D eigenvalue weighted by atomic mass is 9.86. The molecule has 4 nitrogen and oxygen atoms in total. The van der Waals surface area contributed by atoms with E-state index in [2.05, 4.69) is 5.16 Å². The van der Waals surface area contributed by atoms with Crippen LogP contribution in [0.5, 0.6) is 0 Å². The van der Waals surface area contributed by atoms with E-state index < -0.39 is 11.6 Å². The van der Waals surface area contributed by atoms with E-state index in [1.54, 1.807) is 30.3 Å². The standard InChI is InChI=1S/C17H8FNO3/c18-12-8-4-3-7-11(12)14-13-15(20)9-5-1-2-6-10(9)16(21)17(13)22-19-14/h1-8H. The molecule has 106 valence electrons. The van der Waals surface area contributed by atoms with Gasteiger partial charge >= 0.3 is 0 Å². The van der Waals surface area contributed by atoms with Crippen molar-refractivity contribution in [2.45, 2.75) is 0 Å². The van der Waals surface area contributed by atoms with Crippen LogP contribution >= 0.6 is 0 Å². The van der Waals surface area contributed by atoms with E-state index in [0.29, 0.717) is 0 Å². The zero-order valence-corrected chi connectivity index (χ0v) is 11.2. The molecule has 2 aromatic carbocycles. The summed E-state index contributed by atoms with van der Waals surface area (Å²) >= 11 is 0. The first-order valence-electron chi connectivity index (χ1n) is 6.61. The quantitative estimate of drug-likeness (QED) is 0.540. The van der Waals surface area contributed by atoms with Gasteiger partial charge in [0, 0.05) is 16.7 Å². The van der Waals surface area contributed by atoms with Crippen molar-refractivity contribution >= 4 is 11.6 Å². The van der Waals surface area contributed by atoms with E-state index in [1.165, 1.54) is 18.2 Å². The molecule has 0 fully saturated rings. The highest BCUT2D eigenvalue weighted by atomic mass is 19.1. The third-order valence-electron chi connectivity index (χ3n) is 3.67. The summed E-state index contributed by atoms with van der Waals surface area (Å²) in [6.07, 6.45) is 0. The Bertz CT molecular complexity index is 943. The van der Waals surface area contributed by atoms with Gasteiger partial charge in [0.2, 0.25) is 11.5 Å². The van der Waals surface area contributed by atoms with Crippen molar-refractivity contribution < 1.29 is 18.5 Å². The topological polar surface area (TPSA) is 60.2 Å². The Kier molecular flexibility index (Phi) is 2.56. The maximum Gasteiger partial charge on any atom is 0.232 e. The van der Waals surface area contributed by atoms with Crippen LogP contribution in [-0.2, 0) is 0 Å². The third-order valence-corrected chi connectivity index (χ3v) is 3.67. The van der Waals surface area contributed by atoms with E-state index in [-0.39, 0.29) is 39.5 Å². The van der Waals surface area contributed by atoms with Crippen molar-refractivity contribution in [3.63, 3.8) is 0 Å². The molecule has 0 atom stereocenters. The molecule has 4 rings (SSSR count). The molecule has 0 N–H and O–H groups in total. The molecule has 22 heavy (non-hydrogen) atoms. The summed E-state index contributed by atoms with van der Waals surface area (Å²) in [6, 6.07) is 12.4. The fourth-order valence-corrected chi connectivity index (χ4v) is 2.63. The summed E-state index contributed by atoms with van der Waals surface area (Å²) in [6.45, 7) is 0. The number of aromatic nitrogens is 1. The van der Waals surface area contributed by atoms with Gasteiger partial charge in [0.1, 0.15) is 17.1 Å². The number of benzene rings is 2. The highest BCUT2D eigenvalue weighted by Gasteiger charge is 2.37. The Balaban J connectivity index is 1.99. The molecule has 0 radical (unpaired) electrons. The second kappa shape index (κ2) is 4.46. The number of carbonyl (C=O) groups is 2.